The zero-order valence-corrected chi connectivity index (χ0v) is 20.7. The molecule has 0 spiro atoms. The van der Waals surface area contributed by atoms with Crippen molar-refractivity contribution in [2.24, 2.45) is 11.8 Å². The summed E-state index contributed by atoms with van der Waals surface area (Å²) in [6, 6.07) is 2.89. The first-order valence-corrected chi connectivity index (χ1v) is 12.0. The summed E-state index contributed by atoms with van der Waals surface area (Å²) in [5, 5.41) is 9.99. The second kappa shape index (κ2) is 10.9. The van der Waals surface area contributed by atoms with Crippen LogP contribution in [-0.2, 0) is 6.54 Å². The highest BCUT2D eigenvalue weighted by atomic mass is 35.5. The zero-order valence-electron chi connectivity index (χ0n) is 19.9. The topological polar surface area (TPSA) is 68.2 Å². The van der Waals surface area contributed by atoms with Gasteiger partial charge in [0.2, 0.25) is 0 Å². The lowest BCUT2D eigenvalue weighted by molar-refractivity contribution is -0.138. The molecule has 1 aliphatic carbocycles. The Morgan fingerprint density at radius 1 is 1.29 bits per heavy atom. The minimum Gasteiger partial charge on any atom is -0.496 e. The highest BCUT2D eigenvalue weighted by Gasteiger charge is 2.36. The van der Waals surface area contributed by atoms with Gasteiger partial charge in [-0.25, -0.2) is 0 Å². The number of amides is 1. The molecule has 2 N–H and O–H groups in total. The van der Waals surface area contributed by atoms with Gasteiger partial charge >= 0.3 is 6.18 Å². The van der Waals surface area contributed by atoms with Gasteiger partial charge in [-0.1, -0.05) is 31.4 Å². The molecule has 1 amide bonds. The third-order valence-electron chi connectivity index (χ3n) is 6.43. The van der Waals surface area contributed by atoms with Crippen LogP contribution in [0.1, 0.15) is 56.9 Å². The lowest BCUT2D eigenvalue weighted by Gasteiger charge is -2.26. The molecule has 0 aliphatic heterocycles. The molecule has 0 radical (unpaired) electrons. The molecule has 1 aromatic heterocycles. The Balaban J connectivity index is 1.83. The van der Waals surface area contributed by atoms with E-state index in [1.54, 1.807) is 10.7 Å². The van der Waals surface area contributed by atoms with Crippen molar-refractivity contribution in [2.75, 3.05) is 19.0 Å². The van der Waals surface area contributed by atoms with Crippen LogP contribution in [0.4, 0.5) is 18.9 Å². The monoisotopic (exact) mass is 500 g/mol. The van der Waals surface area contributed by atoms with Crippen LogP contribution in [0, 0.1) is 11.8 Å². The largest absolute Gasteiger partial charge is 0.496 e. The fourth-order valence-corrected chi connectivity index (χ4v) is 4.56. The third-order valence-corrected chi connectivity index (χ3v) is 6.78. The summed E-state index contributed by atoms with van der Waals surface area (Å²) in [5.74, 6) is 1.16. The second-order valence-corrected chi connectivity index (χ2v) is 9.36. The fraction of sp³-hybridized carbons (Fsp3) is 0.583. The van der Waals surface area contributed by atoms with Crippen LogP contribution in [-0.4, -0.2) is 41.6 Å². The van der Waals surface area contributed by atoms with Crippen molar-refractivity contribution in [1.82, 2.24) is 15.1 Å². The Kier molecular flexibility index (Phi) is 8.38. The Morgan fingerprint density at radius 3 is 2.56 bits per heavy atom. The van der Waals surface area contributed by atoms with Crippen LogP contribution in [0.5, 0.6) is 5.75 Å². The fourth-order valence-electron chi connectivity index (χ4n) is 4.23. The van der Waals surface area contributed by atoms with Crippen molar-refractivity contribution in [3.63, 3.8) is 0 Å². The Labute approximate surface area is 203 Å². The summed E-state index contributed by atoms with van der Waals surface area (Å²) in [4.78, 5) is 12.9. The lowest BCUT2D eigenvalue weighted by Crippen LogP contribution is -2.33. The van der Waals surface area contributed by atoms with E-state index in [9.17, 15) is 18.0 Å². The zero-order chi connectivity index (χ0) is 25.0. The van der Waals surface area contributed by atoms with E-state index in [4.69, 9.17) is 16.3 Å². The van der Waals surface area contributed by atoms with E-state index in [0.29, 0.717) is 36.0 Å². The number of carbonyl (C=O) groups is 1. The summed E-state index contributed by atoms with van der Waals surface area (Å²) in [6.07, 6.45) is 0.140. The first-order valence-electron chi connectivity index (χ1n) is 11.6. The summed E-state index contributed by atoms with van der Waals surface area (Å²) < 4.78 is 45.8. The van der Waals surface area contributed by atoms with Gasteiger partial charge in [-0.15, -0.1) is 0 Å². The van der Waals surface area contributed by atoms with Gasteiger partial charge in [0, 0.05) is 30.4 Å². The van der Waals surface area contributed by atoms with Crippen LogP contribution in [0.2, 0.25) is 5.02 Å². The molecule has 0 saturated heterocycles. The number of hydrogen-bond donors (Lipinski definition) is 2. The highest BCUT2D eigenvalue weighted by Crippen LogP contribution is 2.39. The van der Waals surface area contributed by atoms with Crippen LogP contribution in [0.15, 0.2) is 18.2 Å². The minimum absolute atomic E-state index is 0.123. The number of carbonyl (C=O) groups excluding carboxylic acids is 1. The van der Waals surface area contributed by atoms with Gasteiger partial charge in [-0.3, -0.25) is 9.48 Å². The normalized spacial score (nSPS) is 19.5. The molecule has 1 aliphatic rings. The average Bonchev–Trinajstić information content (AvgIpc) is 3.13. The molecule has 3 rings (SSSR count). The molecule has 1 heterocycles. The molecule has 1 atom stereocenters. The molecule has 1 aromatic carbocycles. The lowest BCUT2D eigenvalue weighted by atomic mass is 9.83. The average molecular weight is 501 g/mol. The molecule has 6 nitrogen and oxygen atoms in total. The van der Waals surface area contributed by atoms with Gasteiger partial charge in [-0.05, 0) is 50.7 Å². The second-order valence-electron chi connectivity index (χ2n) is 8.99. The number of nitrogens with one attached hydrogen (secondary N) is 2. The maximum Gasteiger partial charge on any atom is 0.408 e. The number of nitrogens with zero attached hydrogens (tertiary/aromatic N) is 2. The third kappa shape index (κ3) is 5.98. The SMILES string of the molecule is CCn1nc(C(=O)NCC2CCC(C)CC2)c(Cl)c1-c1ccc(NC(C)C(F)(F)F)cc1OC. The van der Waals surface area contributed by atoms with Gasteiger partial charge < -0.3 is 15.4 Å². The van der Waals surface area contributed by atoms with Crippen molar-refractivity contribution in [3.05, 3.63) is 28.9 Å². The Bertz CT molecular complexity index is 1000. The van der Waals surface area contributed by atoms with Gasteiger partial charge in [0.1, 0.15) is 11.8 Å². The number of hydrogen-bond acceptors (Lipinski definition) is 4. The minimum atomic E-state index is -4.38. The van der Waals surface area contributed by atoms with Gasteiger partial charge in [0.05, 0.1) is 17.8 Å². The summed E-state index contributed by atoms with van der Waals surface area (Å²) in [6.45, 7) is 6.18. The summed E-state index contributed by atoms with van der Waals surface area (Å²) in [7, 11) is 1.43. The van der Waals surface area contributed by atoms with E-state index in [-0.39, 0.29) is 22.3 Å². The van der Waals surface area contributed by atoms with Crippen LogP contribution < -0.4 is 15.4 Å². The van der Waals surface area contributed by atoms with E-state index in [0.717, 1.165) is 25.7 Å². The van der Waals surface area contributed by atoms with Crippen molar-refractivity contribution >= 4 is 23.2 Å². The molecular formula is C24H32ClF3N4O2. The van der Waals surface area contributed by atoms with Crippen LogP contribution >= 0.6 is 11.6 Å². The molecule has 1 unspecified atom stereocenters. The number of ether oxygens (including phenoxy) is 1. The number of halogens is 4. The molecular weight excluding hydrogens is 469 g/mol. The Hall–Kier alpha value is -2.42. The smallest absolute Gasteiger partial charge is 0.408 e. The number of alkyl halides is 3. The van der Waals surface area contributed by atoms with E-state index < -0.39 is 12.2 Å². The quantitative estimate of drug-likeness (QED) is 0.456. The molecule has 188 valence electrons. The predicted molar refractivity (Wildman–Crippen MR) is 127 cm³/mol. The number of benzene rings is 1. The molecule has 2 aromatic rings. The number of aromatic nitrogens is 2. The summed E-state index contributed by atoms with van der Waals surface area (Å²) in [5.41, 5.74) is 1.39. The van der Waals surface area contributed by atoms with Gasteiger partial charge in [0.25, 0.3) is 5.91 Å². The van der Waals surface area contributed by atoms with Crippen molar-refractivity contribution < 1.29 is 22.7 Å². The van der Waals surface area contributed by atoms with E-state index in [1.165, 1.54) is 32.1 Å². The van der Waals surface area contributed by atoms with Crippen LogP contribution in [0.3, 0.4) is 0 Å². The van der Waals surface area contributed by atoms with Gasteiger partial charge in [0.15, 0.2) is 5.69 Å². The van der Waals surface area contributed by atoms with E-state index >= 15 is 0 Å². The van der Waals surface area contributed by atoms with E-state index in [2.05, 4.69) is 22.7 Å². The first-order chi connectivity index (χ1) is 16.0. The number of anilines is 1. The Morgan fingerprint density at radius 2 is 1.97 bits per heavy atom. The van der Waals surface area contributed by atoms with Crippen molar-refractivity contribution in [2.45, 2.75) is 65.2 Å². The molecule has 0 bridgehead atoms. The first kappa shape index (κ1) is 26.2. The van der Waals surface area contributed by atoms with E-state index in [1.807, 2.05) is 6.92 Å². The maximum atomic E-state index is 12.9. The molecule has 1 fully saturated rings. The standard InChI is InChI=1S/C24H32ClF3N4O2/c1-5-32-22(18-11-10-17(12-19(18)34-4)30-15(3)24(26,27)28)20(25)21(31-32)23(33)29-13-16-8-6-14(2)7-9-16/h10-12,14-16,30H,5-9,13H2,1-4H3,(H,29,33). The summed E-state index contributed by atoms with van der Waals surface area (Å²) >= 11 is 6.63. The number of rotatable bonds is 8. The van der Waals surface area contributed by atoms with Gasteiger partial charge in [-0.2, -0.15) is 18.3 Å². The molecule has 10 heteroatoms. The maximum absolute atomic E-state index is 12.9. The van der Waals surface area contributed by atoms with Crippen LogP contribution in [0.25, 0.3) is 11.3 Å². The van der Waals surface area contributed by atoms with Crippen molar-refractivity contribution in [1.29, 1.82) is 0 Å². The molecule has 1 saturated carbocycles. The van der Waals surface area contributed by atoms with Crippen molar-refractivity contribution in [3.8, 4) is 17.0 Å². The predicted octanol–water partition coefficient (Wildman–Crippen LogP) is 6.15. The molecule has 34 heavy (non-hydrogen) atoms. The number of aryl methyl sites for hydroxylation is 1. The highest BCUT2D eigenvalue weighted by molar-refractivity contribution is 6.36. The number of methoxy groups -OCH3 is 1.